The second-order valence-electron chi connectivity index (χ2n) is 4.70. The van der Waals surface area contributed by atoms with Gasteiger partial charge in [0.05, 0.1) is 15.6 Å². The van der Waals surface area contributed by atoms with Crippen molar-refractivity contribution >= 4 is 23.2 Å². The summed E-state index contributed by atoms with van der Waals surface area (Å²) in [5, 5.41) is 10.8. The summed E-state index contributed by atoms with van der Waals surface area (Å²) in [4.78, 5) is 2.01. The van der Waals surface area contributed by atoms with Crippen molar-refractivity contribution in [2.75, 3.05) is 13.6 Å². The van der Waals surface area contributed by atoms with Crippen molar-refractivity contribution < 1.29 is 5.11 Å². The lowest BCUT2D eigenvalue weighted by Crippen LogP contribution is -2.35. The fourth-order valence-corrected chi connectivity index (χ4v) is 2.06. The Labute approximate surface area is 107 Å². The van der Waals surface area contributed by atoms with E-state index in [-0.39, 0.29) is 0 Å². The van der Waals surface area contributed by atoms with E-state index < -0.39 is 5.60 Å². The topological polar surface area (TPSA) is 23.5 Å². The highest BCUT2D eigenvalue weighted by atomic mass is 35.5. The lowest BCUT2D eigenvalue weighted by atomic mass is 10.1. The summed E-state index contributed by atoms with van der Waals surface area (Å²) in [6.45, 7) is 4.81. The van der Waals surface area contributed by atoms with Gasteiger partial charge in [-0.3, -0.25) is 4.90 Å². The molecule has 1 aromatic carbocycles. The smallest absolute Gasteiger partial charge is 0.0718 e. The van der Waals surface area contributed by atoms with Gasteiger partial charge in [0.15, 0.2) is 0 Å². The average Bonchev–Trinajstić information content (AvgIpc) is 2.09. The van der Waals surface area contributed by atoms with Crippen LogP contribution in [0.4, 0.5) is 0 Å². The third kappa shape index (κ3) is 4.30. The van der Waals surface area contributed by atoms with Gasteiger partial charge in [0, 0.05) is 13.1 Å². The molecular weight excluding hydrogens is 245 g/mol. The molecule has 0 bridgehead atoms. The largest absolute Gasteiger partial charge is 0.389 e. The molecule has 90 valence electrons. The minimum absolute atomic E-state index is 0.566. The normalized spacial score (nSPS) is 12.2. The number of hydrogen-bond acceptors (Lipinski definition) is 2. The van der Waals surface area contributed by atoms with Crippen LogP contribution in [0.15, 0.2) is 18.2 Å². The van der Waals surface area contributed by atoms with E-state index in [0.29, 0.717) is 23.1 Å². The Hall–Kier alpha value is -0.280. The van der Waals surface area contributed by atoms with Gasteiger partial charge >= 0.3 is 0 Å². The van der Waals surface area contributed by atoms with E-state index in [2.05, 4.69) is 0 Å². The van der Waals surface area contributed by atoms with Crippen molar-refractivity contribution in [2.45, 2.75) is 26.0 Å². The first-order valence-electron chi connectivity index (χ1n) is 5.13. The zero-order valence-corrected chi connectivity index (χ0v) is 11.3. The molecule has 0 unspecified atom stereocenters. The summed E-state index contributed by atoms with van der Waals surface area (Å²) >= 11 is 12.0. The van der Waals surface area contributed by atoms with Crippen molar-refractivity contribution in [2.24, 2.45) is 0 Å². The van der Waals surface area contributed by atoms with E-state index in [1.807, 2.05) is 24.1 Å². The van der Waals surface area contributed by atoms with Gasteiger partial charge in [-0.25, -0.2) is 0 Å². The Bertz CT molecular complexity index is 361. The van der Waals surface area contributed by atoms with Crippen LogP contribution in [0.1, 0.15) is 19.4 Å². The molecule has 0 radical (unpaired) electrons. The first-order valence-corrected chi connectivity index (χ1v) is 5.89. The lowest BCUT2D eigenvalue weighted by Gasteiger charge is -2.25. The molecule has 1 rings (SSSR count). The highest BCUT2D eigenvalue weighted by Gasteiger charge is 2.16. The molecule has 0 aliphatic rings. The summed E-state index contributed by atoms with van der Waals surface area (Å²) in [7, 11) is 1.94. The molecule has 0 saturated carbocycles. The molecular formula is C12H17Cl2NO. The predicted octanol–water partition coefficient (Wildman–Crippen LogP) is 3.20. The molecule has 0 aromatic heterocycles. The number of likely N-dealkylation sites (N-methyl/N-ethyl adjacent to an activating group) is 1. The van der Waals surface area contributed by atoms with Gasteiger partial charge < -0.3 is 5.11 Å². The molecule has 0 fully saturated rings. The van der Waals surface area contributed by atoms with Crippen LogP contribution in [-0.4, -0.2) is 29.2 Å². The molecule has 0 aliphatic carbocycles. The molecule has 0 aliphatic heterocycles. The fourth-order valence-electron chi connectivity index (χ4n) is 1.68. The fraction of sp³-hybridized carbons (Fsp3) is 0.500. The molecule has 16 heavy (non-hydrogen) atoms. The quantitative estimate of drug-likeness (QED) is 0.900. The van der Waals surface area contributed by atoms with Gasteiger partial charge in [-0.2, -0.15) is 0 Å². The summed E-state index contributed by atoms with van der Waals surface area (Å²) in [5.74, 6) is 0. The van der Waals surface area contributed by atoms with Gasteiger partial charge in [0.1, 0.15) is 0 Å². The van der Waals surface area contributed by atoms with Crippen molar-refractivity contribution in [3.8, 4) is 0 Å². The molecule has 0 heterocycles. The maximum Gasteiger partial charge on any atom is 0.0718 e. The van der Waals surface area contributed by atoms with Crippen molar-refractivity contribution in [1.29, 1.82) is 0 Å². The maximum atomic E-state index is 9.69. The summed E-state index contributed by atoms with van der Waals surface area (Å²) in [5.41, 5.74) is 0.265. The maximum absolute atomic E-state index is 9.69. The van der Waals surface area contributed by atoms with Crippen LogP contribution in [0.3, 0.4) is 0 Å². The molecule has 0 amide bonds. The predicted molar refractivity (Wildman–Crippen MR) is 69.1 cm³/mol. The minimum atomic E-state index is -0.709. The Balaban J connectivity index is 2.70. The minimum Gasteiger partial charge on any atom is -0.389 e. The summed E-state index contributed by atoms with van der Waals surface area (Å²) in [6, 6.07) is 5.58. The molecule has 0 saturated heterocycles. The van der Waals surface area contributed by atoms with E-state index in [9.17, 15) is 5.11 Å². The van der Waals surface area contributed by atoms with Crippen molar-refractivity contribution in [3.05, 3.63) is 33.8 Å². The summed E-state index contributed by atoms with van der Waals surface area (Å²) in [6.07, 6.45) is 0. The first kappa shape index (κ1) is 13.8. The van der Waals surface area contributed by atoms with Gasteiger partial charge in [0.25, 0.3) is 0 Å². The molecule has 4 heteroatoms. The lowest BCUT2D eigenvalue weighted by molar-refractivity contribution is 0.0425. The standard InChI is InChI=1S/C12H17Cl2NO/c1-12(2,16)8-15(3)7-9-5-4-6-10(13)11(9)14/h4-6,16H,7-8H2,1-3H3. The van der Waals surface area contributed by atoms with Crippen LogP contribution < -0.4 is 0 Å². The average molecular weight is 262 g/mol. The highest BCUT2D eigenvalue weighted by Crippen LogP contribution is 2.26. The Morgan fingerprint density at radius 3 is 2.50 bits per heavy atom. The monoisotopic (exact) mass is 261 g/mol. The van der Waals surface area contributed by atoms with E-state index in [1.165, 1.54) is 0 Å². The zero-order valence-electron chi connectivity index (χ0n) is 9.80. The number of nitrogens with zero attached hydrogens (tertiary/aromatic N) is 1. The molecule has 1 aromatic rings. The van der Waals surface area contributed by atoms with Crippen LogP contribution in [0.5, 0.6) is 0 Å². The Kier molecular flexibility index (Phi) is 4.62. The van der Waals surface area contributed by atoms with Crippen LogP contribution in [0, 0.1) is 0 Å². The van der Waals surface area contributed by atoms with E-state index in [0.717, 1.165) is 5.56 Å². The van der Waals surface area contributed by atoms with Gasteiger partial charge in [0.2, 0.25) is 0 Å². The molecule has 0 spiro atoms. The Morgan fingerprint density at radius 1 is 1.31 bits per heavy atom. The van der Waals surface area contributed by atoms with Crippen molar-refractivity contribution in [1.82, 2.24) is 4.90 Å². The summed E-state index contributed by atoms with van der Waals surface area (Å²) < 4.78 is 0. The molecule has 0 atom stereocenters. The van der Waals surface area contributed by atoms with Crippen molar-refractivity contribution in [3.63, 3.8) is 0 Å². The third-order valence-electron chi connectivity index (χ3n) is 2.13. The number of hydrogen-bond donors (Lipinski definition) is 1. The molecule has 2 nitrogen and oxygen atoms in total. The van der Waals surface area contributed by atoms with Crippen LogP contribution in [-0.2, 0) is 6.54 Å². The number of halogens is 2. The van der Waals surface area contributed by atoms with E-state index in [4.69, 9.17) is 23.2 Å². The van der Waals surface area contributed by atoms with Crippen LogP contribution in [0.25, 0.3) is 0 Å². The van der Waals surface area contributed by atoms with Crippen LogP contribution >= 0.6 is 23.2 Å². The second kappa shape index (κ2) is 5.37. The number of rotatable bonds is 4. The van der Waals surface area contributed by atoms with E-state index in [1.54, 1.807) is 19.9 Å². The highest BCUT2D eigenvalue weighted by molar-refractivity contribution is 6.42. The zero-order chi connectivity index (χ0) is 12.3. The first-order chi connectivity index (χ1) is 7.29. The number of aliphatic hydroxyl groups is 1. The second-order valence-corrected chi connectivity index (χ2v) is 5.48. The molecule has 1 N–H and O–H groups in total. The number of benzene rings is 1. The van der Waals surface area contributed by atoms with Gasteiger partial charge in [-0.1, -0.05) is 35.3 Å². The van der Waals surface area contributed by atoms with Gasteiger partial charge in [-0.15, -0.1) is 0 Å². The third-order valence-corrected chi connectivity index (χ3v) is 2.99. The Morgan fingerprint density at radius 2 is 1.94 bits per heavy atom. The SMILES string of the molecule is CN(Cc1cccc(Cl)c1Cl)CC(C)(C)O. The van der Waals surface area contributed by atoms with Crippen LogP contribution in [0.2, 0.25) is 10.0 Å². The van der Waals surface area contributed by atoms with E-state index >= 15 is 0 Å². The van der Waals surface area contributed by atoms with Gasteiger partial charge in [-0.05, 0) is 32.5 Å².